The first kappa shape index (κ1) is 14.0. The smallest absolute Gasteiger partial charge is 0.410 e. The molecule has 2 N–H and O–H groups in total. The van der Waals surface area contributed by atoms with E-state index in [1.54, 1.807) is 43.4 Å². The Balaban J connectivity index is 2.21. The number of ether oxygens (including phenoxy) is 1. The summed E-state index contributed by atoms with van der Waals surface area (Å²) in [4.78, 5) is 13.7. The zero-order valence-electron chi connectivity index (χ0n) is 10.9. The van der Waals surface area contributed by atoms with Crippen molar-refractivity contribution in [2.75, 3.05) is 11.9 Å². The zero-order valence-corrected chi connectivity index (χ0v) is 11.8. The first-order chi connectivity index (χ1) is 9.59. The average Bonchev–Trinajstić information content (AvgIpc) is 2.47. The SMILES string of the molecule is CN(C(=O)Oc1ccccc1)c1ccccc1C(N)=S. The molecule has 0 aromatic heterocycles. The molecule has 0 heterocycles. The Bertz CT molecular complexity index is 629. The number of benzene rings is 2. The molecule has 0 unspecified atom stereocenters. The number of nitrogens with zero attached hydrogens (tertiary/aromatic N) is 1. The Labute approximate surface area is 122 Å². The van der Waals surface area contributed by atoms with Crippen LogP contribution in [0, 0.1) is 0 Å². The third-order valence-electron chi connectivity index (χ3n) is 2.75. The number of nitrogens with two attached hydrogens (primary N) is 1. The van der Waals surface area contributed by atoms with E-state index in [2.05, 4.69) is 0 Å². The second-order valence-corrected chi connectivity index (χ2v) is 4.56. The van der Waals surface area contributed by atoms with Gasteiger partial charge in [0, 0.05) is 12.6 Å². The molecule has 2 rings (SSSR count). The average molecular weight is 286 g/mol. The topological polar surface area (TPSA) is 55.6 Å². The van der Waals surface area contributed by atoms with Crippen molar-refractivity contribution in [1.82, 2.24) is 0 Å². The number of carbonyl (C=O) groups is 1. The normalized spacial score (nSPS) is 9.85. The highest BCUT2D eigenvalue weighted by Crippen LogP contribution is 2.20. The van der Waals surface area contributed by atoms with Crippen molar-refractivity contribution < 1.29 is 9.53 Å². The van der Waals surface area contributed by atoms with Crippen LogP contribution in [0.4, 0.5) is 10.5 Å². The zero-order chi connectivity index (χ0) is 14.5. The molecule has 4 nitrogen and oxygen atoms in total. The fourth-order valence-corrected chi connectivity index (χ4v) is 1.90. The lowest BCUT2D eigenvalue weighted by Crippen LogP contribution is -2.31. The Morgan fingerprint density at radius 1 is 1.10 bits per heavy atom. The lowest BCUT2D eigenvalue weighted by molar-refractivity contribution is 0.209. The molecule has 5 heteroatoms. The Hall–Kier alpha value is -2.40. The van der Waals surface area contributed by atoms with Gasteiger partial charge in [0.1, 0.15) is 10.7 Å². The largest absolute Gasteiger partial charge is 0.419 e. The number of hydrogen-bond acceptors (Lipinski definition) is 3. The monoisotopic (exact) mass is 286 g/mol. The van der Waals surface area contributed by atoms with Crippen molar-refractivity contribution in [2.24, 2.45) is 5.73 Å². The van der Waals surface area contributed by atoms with E-state index in [1.807, 2.05) is 18.2 Å². The molecule has 1 amide bonds. The summed E-state index contributed by atoms with van der Waals surface area (Å²) in [7, 11) is 1.61. The van der Waals surface area contributed by atoms with Gasteiger partial charge in [0.15, 0.2) is 0 Å². The van der Waals surface area contributed by atoms with Crippen molar-refractivity contribution in [3.63, 3.8) is 0 Å². The van der Waals surface area contributed by atoms with Crippen LogP contribution in [0.1, 0.15) is 5.56 Å². The van der Waals surface area contributed by atoms with E-state index in [0.29, 0.717) is 17.0 Å². The minimum Gasteiger partial charge on any atom is -0.410 e. The molecule has 2 aromatic carbocycles. The summed E-state index contributed by atoms with van der Waals surface area (Å²) >= 11 is 4.98. The molecule has 102 valence electrons. The summed E-state index contributed by atoms with van der Waals surface area (Å²) in [5, 5.41) is 0. The maximum atomic E-state index is 12.1. The molecule has 0 aliphatic heterocycles. The summed E-state index contributed by atoms with van der Waals surface area (Å²) in [5.41, 5.74) is 6.90. The van der Waals surface area contributed by atoms with E-state index in [9.17, 15) is 4.79 Å². The number of para-hydroxylation sites is 2. The van der Waals surface area contributed by atoms with Crippen LogP contribution >= 0.6 is 12.2 Å². The van der Waals surface area contributed by atoms with Crippen molar-refractivity contribution in [3.8, 4) is 5.75 Å². The van der Waals surface area contributed by atoms with Gasteiger partial charge in [-0.2, -0.15) is 0 Å². The lowest BCUT2D eigenvalue weighted by atomic mass is 10.1. The number of thiocarbonyl (C=S) groups is 1. The maximum Gasteiger partial charge on any atom is 0.419 e. The quantitative estimate of drug-likeness (QED) is 0.881. The fraction of sp³-hybridized carbons (Fsp3) is 0.0667. The predicted molar refractivity (Wildman–Crippen MR) is 83.2 cm³/mol. The molecule has 2 aromatic rings. The molecule has 0 aliphatic rings. The Morgan fingerprint density at radius 2 is 1.70 bits per heavy atom. The summed E-state index contributed by atoms with van der Waals surface area (Å²) in [5.74, 6) is 0.483. The minimum absolute atomic E-state index is 0.236. The summed E-state index contributed by atoms with van der Waals surface area (Å²) in [6, 6.07) is 16.0. The molecule has 0 atom stereocenters. The van der Waals surface area contributed by atoms with Crippen LogP contribution in [-0.4, -0.2) is 18.1 Å². The van der Waals surface area contributed by atoms with Crippen LogP contribution in [-0.2, 0) is 0 Å². The van der Waals surface area contributed by atoms with Crippen LogP contribution in [0.2, 0.25) is 0 Å². The van der Waals surface area contributed by atoms with Crippen LogP contribution < -0.4 is 15.4 Å². The Kier molecular flexibility index (Phi) is 4.32. The molecule has 0 saturated carbocycles. The molecule has 0 aliphatic carbocycles. The molecular weight excluding hydrogens is 272 g/mol. The third kappa shape index (κ3) is 3.13. The van der Waals surface area contributed by atoms with Crippen LogP contribution in [0.3, 0.4) is 0 Å². The highest BCUT2D eigenvalue weighted by atomic mass is 32.1. The van der Waals surface area contributed by atoms with Gasteiger partial charge in [-0.05, 0) is 24.3 Å². The van der Waals surface area contributed by atoms with E-state index in [-0.39, 0.29) is 4.99 Å². The fourth-order valence-electron chi connectivity index (χ4n) is 1.73. The van der Waals surface area contributed by atoms with E-state index in [1.165, 1.54) is 4.90 Å². The van der Waals surface area contributed by atoms with Gasteiger partial charge in [0.05, 0.1) is 5.69 Å². The number of amides is 1. The van der Waals surface area contributed by atoms with Crippen molar-refractivity contribution in [3.05, 3.63) is 60.2 Å². The minimum atomic E-state index is -0.500. The van der Waals surface area contributed by atoms with Gasteiger partial charge in [0.25, 0.3) is 0 Å². The van der Waals surface area contributed by atoms with Crippen LogP contribution in [0.15, 0.2) is 54.6 Å². The number of rotatable bonds is 3. The van der Waals surface area contributed by atoms with Gasteiger partial charge in [-0.25, -0.2) is 4.79 Å². The maximum absolute atomic E-state index is 12.1. The number of hydrogen-bond donors (Lipinski definition) is 1. The van der Waals surface area contributed by atoms with Crippen LogP contribution in [0.5, 0.6) is 5.75 Å². The van der Waals surface area contributed by atoms with E-state index >= 15 is 0 Å². The standard InChI is InChI=1S/C15H14N2O2S/c1-17(13-10-6-5-9-12(13)14(16)20)15(18)19-11-7-3-2-4-8-11/h2-10H,1H3,(H2,16,20). The first-order valence-electron chi connectivity index (χ1n) is 5.99. The van der Waals surface area contributed by atoms with Crippen molar-refractivity contribution in [1.29, 1.82) is 0 Å². The second kappa shape index (κ2) is 6.16. The second-order valence-electron chi connectivity index (χ2n) is 4.12. The van der Waals surface area contributed by atoms with Gasteiger partial charge >= 0.3 is 6.09 Å². The summed E-state index contributed by atoms with van der Waals surface area (Å²) in [6.07, 6.45) is -0.500. The van der Waals surface area contributed by atoms with Gasteiger partial charge in [-0.3, -0.25) is 4.90 Å². The van der Waals surface area contributed by atoms with Gasteiger partial charge in [-0.15, -0.1) is 0 Å². The van der Waals surface area contributed by atoms with E-state index in [0.717, 1.165) is 0 Å². The molecule has 20 heavy (non-hydrogen) atoms. The molecule has 0 spiro atoms. The van der Waals surface area contributed by atoms with Crippen molar-refractivity contribution >= 4 is 29.0 Å². The highest BCUT2D eigenvalue weighted by Gasteiger charge is 2.17. The molecule has 0 saturated heterocycles. The molecule has 0 bridgehead atoms. The summed E-state index contributed by atoms with van der Waals surface area (Å²) < 4.78 is 5.27. The van der Waals surface area contributed by atoms with Gasteiger partial charge in [0.2, 0.25) is 0 Å². The number of anilines is 1. The number of carbonyl (C=O) groups excluding carboxylic acids is 1. The molecule has 0 radical (unpaired) electrons. The predicted octanol–water partition coefficient (Wildman–Crippen LogP) is 2.96. The van der Waals surface area contributed by atoms with E-state index < -0.39 is 6.09 Å². The highest BCUT2D eigenvalue weighted by molar-refractivity contribution is 7.80. The van der Waals surface area contributed by atoms with E-state index in [4.69, 9.17) is 22.7 Å². The van der Waals surface area contributed by atoms with Crippen LogP contribution in [0.25, 0.3) is 0 Å². The summed E-state index contributed by atoms with van der Waals surface area (Å²) in [6.45, 7) is 0. The third-order valence-corrected chi connectivity index (χ3v) is 2.97. The lowest BCUT2D eigenvalue weighted by Gasteiger charge is -2.19. The van der Waals surface area contributed by atoms with Crippen molar-refractivity contribution in [2.45, 2.75) is 0 Å². The van der Waals surface area contributed by atoms with Gasteiger partial charge in [-0.1, -0.05) is 42.5 Å². The van der Waals surface area contributed by atoms with Gasteiger partial charge < -0.3 is 10.5 Å². The molecule has 0 fully saturated rings. The first-order valence-corrected chi connectivity index (χ1v) is 6.40. The Morgan fingerprint density at radius 3 is 2.35 bits per heavy atom. The molecular formula is C15H14N2O2S.